The molecule has 0 bridgehead atoms. The number of carbonyl (C=O) groups is 2. The first-order valence-corrected chi connectivity index (χ1v) is 10.9. The number of para-hydroxylation sites is 2. The minimum atomic E-state index is -0.275. The molecule has 156 valence electrons. The summed E-state index contributed by atoms with van der Waals surface area (Å²) in [5, 5.41) is 11.6. The van der Waals surface area contributed by atoms with E-state index in [9.17, 15) is 9.59 Å². The van der Waals surface area contributed by atoms with Gasteiger partial charge in [0.05, 0.1) is 17.9 Å². The Morgan fingerprint density at radius 2 is 2.00 bits per heavy atom. The molecular weight excluding hydrogens is 400 g/mol. The van der Waals surface area contributed by atoms with Crippen LogP contribution < -0.4 is 5.32 Å². The summed E-state index contributed by atoms with van der Waals surface area (Å²) in [4.78, 5) is 26.9. The number of likely N-dealkylation sites (tertiary alicyclic amines) is 1. The van der Waals surface area contributed by atoms with Gasteiger partial charge in [0.15, 0.2) is 5.16 Å². The van der Waals surface area contributed by atoms with E-state index in [1.807, 2.05) is 67.3 Å². The maximum Gasteiger partial charge on any atom is 0.428 e. The second-order valence-corrected chi connectivity index (χ2v) is 8.47. The van der Waals surface area contributed by atoms with E-state index in [1.54, 1.807) is 10.9 Å². The lowest BCUT2D eigenvalue weighted by Gasteiger charge is -2.33. The molecule has 0 radical (unpaired) electrons. The zero-order chi connectivity index (χ0) is 21.1. The van der Waals surface area contributed by atoms with Crippen LogP contribution in [0.3, 0.4) is 0 Å². The first-order valence-electron chi connectivity index (χ1n) is 9.94. The fraction of sp³-hybridized carbons (Fsp3) is 0.333. The number of imide groups is 1. The average molecular weight is 426 g/mol. The molecular formula is C21H25N6O2S+. The van der Waals surface area contributed by atoms with Crippen LogP contribution in [0.15, 0.2) is 60.3 Å². The van der Waals surface area contributed by atoms with Crippen LogP contribution in [0.5, 0.6) is 0 Å². The number of nitrogens with zero attached hydrogens (tertiary/aromatic N) is 5. The van der Waals surface area contributed by atoms with Gasteiger partial charge in [-0.25, -0.2) is 9.59 Å². The van der Waals surface area contributed by atoms with Crippen molar-refractivity contribution in [2.75, 3.05) is 17.6 Å². The Hall–Kier alpha value is -2.91. The van der Waals surface area contributed by atoms with Crippen molar-refractivity contribution >= 4 is 29.4 Å². The summed E-state index contributed by atoms with van der Waals surface area (Å²) < 4.78 is 3.52. The molecule has 3 aromatic rings. The Balaban J connectivity index is 1.58. The minimum absolute atomic E-state index is 0.0728. The van der Waals surface area contributed by atoms with Gasteiger partial charge < -0.3 is 9.13 Å². The van der Waals surface area contributed by atoms with E-state index in [4.69, 9.17) is 0 Å². The Kier molecular flexibility index (Phi) is 5.74. The third-order valence-corrected chi connectivity index (χ3v) is 6.73. The number of thioether (sulfide) groups is 1. The molecule has 2 aromatic heterocycles. The average Bonchev–Trinajstić information content (AvgIpc) is 3.48. The normalized spacial score (nSPS) is 20.9. The summed E-state index contributed by atoms with van der Waals surface area (Å²) in [6.45, 7) is 2.49. The van der Waals surface area contributed by atoms with Crippen molar-refractivity contribution in [3.63, 3.8) is 0 Å². The zero-order valence-electron chi connectivity index (χ0n) is 17.1. The lowest BCUT2D eigenvalue weighted by atomic mass is 10.2. The highest BCUT2D eigenvalue weighted by Gasteiger charge is 2.52. The van der Waals surface area contributed by atoms with Gasteiger partial charge in [0.1, 0.15) is 18.1 Å². The van der Waals surface area contributed by atoms with E-state index in [-0.39, 0.29) is 28.2 Å². The number of nitrogens with one attached hydrogen (secondary N) is 1. The number of hydrogen-bond donors (Lipinski definition) is 1. The SMILES string of the molecule is C[C@@H]1CCC[N+]1(C(=O)CSc1nncn1C)C(=O)Nc1ccccc1-n1cccc1. The van der Waals surface area contributed by atoms with Gasteiger partial charge in [-0.1, -0.05) is 23.9 Å². The smallest absolute Gasteiger partial charge is 0.322 e. The Morgan fingerprint density at radius 1 is 1.23 bits per heavy atom. The highest BCUT2D eigenvalue weighted by Crippen LogP contribution is 2.32. The van der Waals surface area contributed by atoms with E-state index in [2.05, 4.69) is 15.5 Å². The van der Waals surface area contributed by atoms with Gasteiger partial charge in [-0.05, 0) is 31.2 Å². The van der Waals surface area contributed by atoms with E-state index in [0.29, 0.717) is 17.4 Å². The van der Waals surface area contributed by atoms with Crippen LogP contribution in [-0.4, -0.2) is 54.1 Å². The molecule has 8 nitrogen and oxygen atoms in total. The van der Waals surface area contributed by atoms with Gasteiger partial charge in [0.25, 0.3) is 0 Å². The molecule has 2 atom stereocenters. The number of carbonyl (C=O) groups excluding carboxylic acids is 2. The molecule has 4 rings (SSSR count). The van der Waals surface area contributed by atoms with Crippen molar-refractivity contribution in [1.29, 1.82) is 0 Å². The molecule has 3 heterocycles. The number of aromatic nitrogens is 4. The molecule has 0 spiro atoms. The van der Waals surface area contributed by atoms with Crippen LogP contribution in [0.2, 0.25) is 0 Å². The van der Waals surface area contributed by atoms with Crippen molar-refractivity contribution in [1.82, 2.24) is 19.3 Å². The first kappa shape index (κ1) is 20.4. The number of quaternary nitrogens is 1. The first-order chi connectivity index (χ1) is 14.5. The predicted molar refractivity (Wildman–Crippen MR) is 115 cm³/mol. The number of aryl methyl sites for hydroxylation is 1. The number of anilines is 1. The minimum Gasteiger partial charge on any atom is -0.322 e. The molecule has 1 N–H and O–H groups in total. The lowest BCUT2D eigenvalue weighted by Crippen LogP contribution is -2.61. The summed E-state index contributed by atoms with van der Waals surface area (Å²) in [6.07, 6.45) is 7.13. The van der Waals surface area contributed by atoms with E-state index in [0.717, 1.165) is 18.5 Å². The number of rotatable bonds is 5. The van der Waals surface area contributed by atoms with Crippen molar-refractivity contribution in [3.05, 3.63) is 55.1 Å². The van der Waals surface area contributed by atoms with Gasteiger partial charge >= 0.3 is 11.9 Å². The van der Waals surface area contributed by atoms with Crippen molar-refractivity contribution in [2.24, 2.45) is 7.05 Å². The standard InChI is InChI=1S/C21H24N6O2S/c1-16-8-7-13-27(16,19(28)14-30-20-24-22-15-25(20)2)21(29)23-17-9-3-4-10-18(17)26-11-5-6-12-26/h3-6,9-12,15-16H,7-8,13-14H2,1-2H3/p+1/t16-,27?/m1/s1. The summed E-state index contributed by atoms with van der Waals surface area (Å²) in [6, 6.07) is 11.1. The van der Waals surface area contributed by atoms with Gasteiger partial charge in [0, 0.05) is 32.3 Å². The van der Waals surface area contributed by atoms with Crippen molar-refractivity contribution in [2.45, 2.75) is 31.0 Å². The second kappa shape index (κ2) is 8.45. The van der Waals surface area contributed by atoms with E-state index in [1.165, 1.54) is 11.8 Å². The molecule has 30 heavy (non-hydrogen) atoms. The Bertz CT molecular complexity index is 1050. The topological polar surface area (TPSA) is 81.8 Å². The molecule has 0 saturated carbocycles. The van der Waals surface area contributed by atoms with Gasteiger partial charge in [-0.3, -0.25) is 5.32 Å². The summed E-state index contributed by atoms with van der Waals surface area (Å²) >= 11 is 1.31. The molecule has 1 aromatic carbocycles. The molecule has 1 aliphatic heterocycles. The lowest BCUT2D eigenvalue weighted by molar-refractivity contribution is -0.781. The zero-order valence-corrected chi connectivity index (χ0v) is 17.9. The number of hydrogen-bond acceptors (Lipinski definition) is 5. The number of benzene rings is 1. The highest BCUT2D eigenvalue weighted by atomic mass is 32.2. The predicted octanol–water partition coefficient (Wildman–Crippen LogP) is 3.46. The fourth-order valence-electron chi connectivity index (χ4n) is 4.02. The second-order valence-electron chi connectivity index (χ2n) is 7.53. The maximum absolute atomic E-state index is 13.5. The molecule has 1 saturated heterocycles. The summed E-state index contributed by atoms with van der Waals surface area (Å²) in [7, 11) is 1.83. The van der Waals surface area contributed by atoms with Crippen molar-refractivity contribution in [3.8, 4) is 5.69 Å². The highest BCUT2D eigenvalue weighted by molar-refractivity contribution is 7.99. The van der Waals surface area contributed by atoms with E-state index < -0.39 is 0 Å². The van der Waals surface area contributed by atoms with Crippen molar-refractivity contribution < 1.29 is 14.1 Å². The van der Waals surface area contributed by atoms with Gasteiger partial charge in [0.2, 0.25) is 0 Å². The molecule has 1 unspecified atom stereocenters. The largest absolute Gasteiger partial charge is 0.428 e. The number of urea groups is 1. The van der Waals surface area contributed by atoms with Gasteiger partial charge in [-0.15, -0.1) is 10.2 Å². The van der Waals surface area contributed by atoms with Crippen LogP contribution in [0.1, 0.15) is 19.8 Å². The molecule has 3 amide bonds. The van der Waals surface area contributed by atoms with Crippen LogP contribution in [0.25, 0.3) is 5.69 Å². The Labute approximate surface area is 179 Å². The maximum atomic E-state index is 13.5. The van der Waals surface area contributed by atoms with Crippen LogP contribution >= 0.6 is 11.8 Å². The monoisotopic (exact) mass is 425 g/mol. The van der Waals surface area contributed by atoms with Crippen LogP contribution in [0.4, 0.5) is 10.5 Å². The van der Waals surface area contributed by atoms with E-state index >= 15 is 0 Å². The van der Waals surface area contributed by atoms with Gasteiger partial charge in [-0.2, -0.15) is 4.48 Å². The number of amides is 3. The molecule has 9 heteroatoms. The fourth-order valence-corrected chi connectivity index (χ4v) is 4.86. The summed E-state index contributed by atoms with van der Waals surface area (Å²) in [5.41, 5.74) is 1.55. The Morgan fingerprint density at radius 3 is 2.67 bits per heavy atom. The third-order valence-electron chi connectivity index (χ3n) is 5.72. The van der Waals surface area contributed by atoms with Crippen LogP contribution in [-0.2, 0) is 11.8 Å². The molecule has 1 fully saturated rings. The molecule has 1 aliphatic rings. The third kappa shape index (κ3) is 3.66. The quantitative estimate of drug-likeness (QED) is 0.500. The van der Waals surface area contributed by atoms with Crippen LogP contribution in [0, 0.1) is 0 Å². The molecule has 0 aliphatic carbocycles. The summed E-state index contributed by atoms with van der Waals surface area (Å²) in [5.74, 6) is 0.0627.